The summed E-state index contributed by atoms with van der Waals surface area (Å²) in [5, 5.41) is 0. The molecule has 1 aromatic rings. The molecule has 2 N–H and O–H groups in total. The van der Waals surface area contributed by atoms with Gasteiger partial charge >= 0.3 is 18.2 Å². The fraction of sp³-hybridized carbons (Fsp3) is 0.571. The van der Waals surface area contributed by atoms with Gasteiger partial charge in [0, 0.05) is 26.2 Å². The van der Waals surface area contributed by atoms with Crippen molar-refractivity contribution in [2.45, 2.75) is 45.8 Å². The van der Waals surface area contributed by atoms with Crippen molar-refractivity contribution in [3.05, 3.63) is 29.8 Å². The van der Waals surface area contributed by atoms with Crippen LogP contribution in [0.15, 0.2) is 24.3 Å². The number of hydrogen-bond acceptors (Lipinski definition) is 7. The van der Waals surface area contributed by atoms with Crippen LogP contribution in [0.4, 0.5) is 9.59 Å². The van der Waals surface area contributed by atoms with Gasteiger partial charge in [0.25, 0.3) is 0 Å². The minimum atomic E-state index is -0.736. The van der Waals surface area contributed by atoms with Crippen LogP contribution in [0.25, 0.3) is 0 Å². The molecule has 1 heterocycles. The zero-order chi connectivity index (χ0) is 22.3. The van der Waals surface area contributed by atoms with Crippen molar-refractivity contribution in [3.63, 3.8) is 0 Å². The lowest BCUT2D eigenvalue weighted by Gasteiger charge is -2.35. The number of nitrogens with zero attached hydrogens (tertiary/aromatic N) is 2. The van der Waals surface area contributed by atoms with E-state index in [-0.39, 0.29) is 12.7 Å². The number of rotatable bonds is 5. The highest BCUT2D eigenvalue weighted by Gasteiger charge is 2.28. The summed E-state index contributed by atoms with van der Waals surface area (Å²) in [4.78, 5) is 39.2. The average molecular weight is 421 g/mol. The van der Waals surface area contributed by atoms with E-state index in [1.165, 1.54) is 0 Å². The Bertz CT molecular complexity index is 736. The second-order valence-electron chi connectivity index (χ2n) is 8.03. The summed E-state index contributed by atoms with van der Waals surface area (Å²) < 4.78 is 15.6. The highest BCUT2D eigenvalue weighted by molar-refractivity contribution is 5.76. The van der Waals surface area contributed by atoms with Crippen molar-refractivity contribution in [1.82, 2.24) is 9.80 Å². The highest BCUT2D eigenvalue weighted by atomic mass is 16.6. The minimum Gasteiger partial charge on any atom is -0.465 e. The molecular formula is C21H31N3O6. The highest BCUT2D eigenvalue weighted by Crippen LogP contribution is 2.16. The van der Waals surface area contributed by atoms with Gasteiger partial charge < -0.3 is 29.7 Å². The molecule has 166 valence electrons. The van der Waals surface area contributed by atoms with Crippen LogP contribution in [0.5, 0.6) is 5.75 Å². The maximum atomic E-state index is 12.4. The van der Waals surface area contributed by atoms with Gasteiger partial charge in [-0.2, -0.15) is 0 Å². The topological polar surface area (TPSA) is 111 Å². The summed E-state index contributed by atoms with van der Waals surface area (Å²) in [6.45, 7) is 8.95. The summed E-state index contributed by atoms with van der Waals surface area (Å²) in [5.41, 5.74) is 6.09. The van der Waals surface area contributed by atoms with Crippen molar-refractivity contribution < 1.29 is 28.6 Å². The largest absolute Gasteiger partial charge is 0.465 e. The van der Waals surface area contributed by atoms with Gasteiger partial charge in [0.1, 0.15) is 17.4 Å². The second-order valence-corrected chi connectivity index (χ2v) is 8.03. The zero-order valence-corrected chi connectivity index (χ0v) is 18.1. The van der Waals surface area contributed by atoms with Crippen molar-refractivity contribution in [2.24, 2.45) is 5.73 Å². The Kier molecular flexibility index (Phi) is 8.05. The monoisotopic (exact) mass is 421 g/mol. The molecule has 0 spiro atoms. The molecule has 1 aliphatic heterocycles. The first-order valence-corrected chi connectivity index (χ1v) is 10.0. The Hall–Kier alpha value is -2.81. The Labute approximate surface area is 177 Å². The molecule has 9 heteroatoms. The molecule has 30 heavy (non-hydrogen) atoms. The lowest BCUT2D eigenvalue weighted by atomic mass is 10.1. The predicted molar refractivity (Wildman–Crippen MR) is 110 cm³/mol. The van der Waals surface area contributed by atoms with Gasteiger partial charge in [-0.05, 0) is 51.8 Å². The third-order valence-electron chi connectivity index (χ3n) is 4.36. The Morgan fingerprint density at radius 3 is 2.03 bits per heavy atom. The van der Waals surface area contributed by atoms with Gasteiger partial charge in [-0.15, -0.1) is 0 Å². The van der Waals surface area contributed by atoms with Crippen molar-refractivity contribution in [1.29, 1.82) is 0 Å². The number of piperazine rings is 1. The van der Waals surface area contributed by atoms with Gasteiger partial charge in [0.15, 0.2) is 0 Å². The lowest BCUT2D eigenvalue weighted by molar-refractivity contribution is -0.144. The van der Waals surface area contributed by atoms with Crippen LogP contribution in [0.1, 0.15) is 33.3 Å². The quantitative estimate of drug-likeness (QED) is 0.725. The van der Waals surface area contributed by atoms with Crippen molar-refractivity contribution in [3.8, 4) is 5.75 Å². The average Bonchev–Trinajstić information content (AvgIpc) is 2.68. The first kappa shape index (κ1) is 23.5. The molecular weight excluding hydrogens is 390 g/mol. The zero-order valence-electron chi connectivity index (χ0n) is 18.1. The van der Waals surface area contributed by atoms with Gasteiger partial charge in [-0.1, -0.05) is 12.1 Å². The number of nitrogens with two attached hydrogens (primary N) is 1. The standard InChI is InChI=1S/C21H31N3O6/c1-5-28-18(25)17(22)14-15-6-8-16(9-7-15)29-19(26)23-10-12-24(13-11-23)20(27)30-21(2,3)4/h6-9,17H,5,10-14,22H2,1-4H3/t17-/m0/s1. The summed E-state index contributed by atoms with van der Waals surface area (Å²) in [6, 6.07) is 6.08. The maximum absolute atomic E-state index is 12.4. The fourth-order valence-electron chi connectivity index (χ4n) is 2.84. The van der Waals surface area contributed by atoms with Crippen LogP contribution in [0.3, 0.4) is 0 Å². The number of hydrogen-bond donors (Lipinski definition) is 1. The van der Waals surface area contributed by atoms with Gasteiger partial charge in [0.2, 0.25) is 0 Å². The molecule has 2 rings (SSSR count). The molecule has 1 fully saturated rings. The van der Waals surface area contributed by atoms with Crippen LogP contribution in [0.2, 0.25) is 0 Å². The van der Waals surface area contributed by atoms with Gasteiger partial charge in [0.05, 0.1) is 6.61 Å². The van der Waals surface area contributed by atoms with E-state index in [4.69, 9.17) is 19.9 Å². The molecule has 0 aliphatic carbocycles. The van der Waals surface area contributed by atoms with E-state index in [2.05, 4.69) is 0 Å². The molecule has 1 aromatic carbocycles. The normalized spacial score (nSPS) is 15.4. The van der Waals surface area contributed by atoms with Crippen LogP contribution >= 0.6 is 0 Å². The molecule has 0 unspecified atom stereocenters. The molecule has 0 aromatic heterocycles. The number of ether oxygens (including phenoxy) is 3. The first-order chi connectivity index (χ1) is 14.1. The third-order valence-corrected chi connectivity index (χ3v) is 4.36. The number of benzene rings is 1. The van der Waals surface area contributed by atoms with E-state index in [1.807, 2.05) is 20.8 Å². The number of amides is 2. The predicted octanol–water partition coefficient (Wildman–Crippen LogP) is 2.17. The van der Waals surface area contributed by atoms with E-state index >= 15 is 0 Å². The van der Waals surface area contributed by atoms with E-state index in [0.717, 1.165) is 5.56 Å². The van der Waals surface area contributed by atoms with Crippen molar-refractivity contribution >= 4 is 18.2 Å². The Balaban J connectivity index is 1.81. The number of esters is 1. The van der Waals surface area contributed by atoms with Gasteiger partial charge in [-0.25, -0.2) is 9.59 Å². The van der Waals surface area contributed by atoms with Crippen LogP contribution in [0, 0.1) is 0 Å². The van der Waals surface area contributed by atoms with E-state index in [9.17, 15) is 14.4 Å². The van der Waals surface area contributed by atoms with Crippen LogP contribution < -0.4 is 10.5 Å². The maximum Gasteiger partial charge on any atom is 0.415 e. The number of carbonyl (C=O) groups excluding carboxylic acids is 3. The van der Waals surface area contributed by atoms with Gasteiger partial charge in [-0.3, -0.25) is 4.79 Å². The molecule has 9 nitrogen and oxygen atoms in total. The molecule has 1 aliphatic rings. The summed E-state index contributed by atoms with van der Waals surface area (Å²) >= 11 is 0. The van der Waals surface area contributed by atoms with Crippen molar-refractivity contribution in [2.75, 3.05) is 32.8 Å². The van der Waals surface area contributed by atoms with E-state index in [0.29, 0.717) is 38.3 Å². The summed E-state index contributed by atoms with van der Waals surface area (Å²) in [7, 11) is 0. The van der Waals surface area contributed by atoms with Crippen LogP contribution in [-0.4, -0.2) is 72.4 Å². The Morgan fingerprint density at radius 1 is 1.00 bits per heavy atom. The number of carbonyl (C=O) groups is 3. The fourth-order valence-corrected chi connectivity index (χ4v) is 2.84. The molecule has 0 saturated carbocycles. The summed E-state index contributed by atoms with van der Waals surface area (Å²) in [6.07, 6.45) is -0.526. The minimum absolute atomic E-state index is 0.285. The molecule has 0 bridgehead atoms. The smallest absolute Gasteiger partial charge is 0.415 e. The molecule has 2 amide bonds. The first-order valence-electron chi connectivity index (χ1n) is 10.0. The Morgan fingerprint density at radius 2 is 1.53 bits per heavy atom. The third kappa shape index (κ3) is 7.22. The van der Waals surface area contributed by atoms with Crippen LogP contribution in [-0.2, 0) is 20.7 Å². The second kappa shape index (κ2) is 10.3. The molecule has 0 radical (unpaired) electrons. The molecule has 1 saturated heterocycles. The SMILES string of the molecule is CCOC(=O)[C@@H](N)Cc1ccc(OC(=O)N2CCN(C(=O)OC(C)(C)C)CC2)cc1. The van der Waals surface area contributed by atoms with E-state index < -0.39 is 23.7 Å². The van der Waals surface area contributed by atoms with E-state index in [1.54, 1.807) is 41.0 Å². The molecule has 1 atom stereocenters. The summed E-state index contributed by atoms with van der Waals surface area (Å²) in [5.74, 6) is -0.0541. The lowest BCUT2D eigenvalue weighted by Crippen LogP contribution is -2.52.